The van der Waals surface area contributed by atoms with Gasteiger partial charge >= 0.3 is 0 Å². The van der Waals surface area contributed by atoms with E-state index >= 15 is 0 Å². The van der Waals surface area contributed by atoms with Gasteiger partial charge in [0.05, 0.1) is 0 Å². The van der Waals surface area contributed by atoms with Crippen LogP contribution in [-0.2, 0) is 0 Å². The van der Waals surface area contributed by atoms with Crippen molar-refractivity contribution in [1.82, 2.24) is 0 Å². The number of furan rings is 1. The van der Waals surface area contributed by atoms with Crippen LogP contribution in [0.3, 0.4) is 0 Å². The second-order valence-corrected chi connectivity index (χ2v) is 6.31. The summed E-state index contributed by atoms with van der Waals surface area (Å²) in [5.74, 6) is 0. The standard InChI is InChI=1S/C23H16O/c1-15-6-4-8-17(14-15)18-10-5-11-21-22(18)20-13-12-16-7-2-3-9-19(16)23(20)24-21/h2-14H,1H3. The quantitative estimate of drug-likeness (QED) is 0.335. The molecule has 4 aromatic carbocycles. The molecule has 0 saturated carbocycles. The van der Waals surface area contributed by atoms with Gasteiger partial charge in [0.2, 0.25) is 0 Å². The van der Waals surface area contributed by atoms with E-state index in [1.165, 1.54) is 38.2 Å². The van der Waals surface area contributed by atoms with Crippen LogP contribution in [0.2, 0.25) is 0 Å². The monoisotopic (exact) mass is 308 g/mol. The molecular weight excluding hydrogens is 292 g/mol. The molecule has 1 heterocycles. The third-order valence-corrected chi connectivity index (χ3v) is 4.72. The van der Waals surface area contributed by atoms with Gasteiger partial charge in [0.15, 0.2) is 0 Å². The van der Waals surface area contributed by atoms with Crippen LogP contribution in [0.1, 0.15) is 5.56 Å². The lowest BCUT2D eigenvalue weighted by atomic mass is 9.97. The summed E-state index contributed by atoms with van der Waals surface area (Å²) in [6.07, 6.45) is 0. The zero-order chi connectivity index (χ0) is 16.1. The molecule has 0 aliphatic rings. The minimum Gasteiger partial charge on any atom is -0.455 e. The topological polar surface area (TPSA) is 13.1 Å². The van der Waals surface area contributed by atoms with Crippen LogP contribution in [0.15, 0.2) is 83.3 Å². The predicted octanol–water partition coefficient (Wildman–Crippen LogP) is 6.71. The fraction of sp³-hybridized carbons (Fsp3) is 0.0435. The maximum absolute atomic E-state index is 6.26. The SMILES string of the molecule is Cc1cccc(-c2cccc3oc4c5ccccc5ccc4c23)c1. The van der Waals surface area contributed by atoms with Gasteiger partial charge in [-0.1, -0.05) is 72.3 Å². The van der Waals surface area contributed by atoms with Gasteiger partial charge in [0.25, 0.3) is 0 Å². The molecule has 24 heavy (non-hydrogen) atoms. The minimum atomic E-state index is 0.945. The van der Waals surface area contributed by atoms with Crippen LogP contribution >= 0.6 is 0 Å². The molecule has 114 valence electrons. The zero-order valence-electron chi connectivity index (χ0n) is 13.4. The van der Waals surface area contributed by atoms with Crippen LogP contribution < -0.4 is 0 Å². The van der Waals surface area contributed by atoms with Crippen molar-refractivity contribution in [2.24, 2.45) is 0 Å². The van der Waals surface area contributed by atoms with Crippen molar-refractivity contribution >= 4 is 32.7 Å². The summed E-state index contributed by atoms with van der Waals surface area (Å²) in [6.45, 7) is 2.13. The molecule has 0 atom stereocenters. The van der Waals surface area contributed by atoms with E-state index in [9.17, 15) is 0 Å². The number of benzene rings is 4. The van der Waals surface area contributed by atoms with E-state index in [1.54, 1.807) is 0 Å². The highest BCUT2D eigenvalue weighted by atomic mass is 16.3. The third kappa shape index (κ3) is 1.88. The Hall–Kier alpha value is -3.06. The smallest absolute Gasteiger partial charge is 0.143 e. The molecule has 0 spiro atoms. The zero-order valence-corrected chi connectivity index (χ0v) is 13.4. The van der Waals surface area contributed by atoms with Crippen molar-refractivity contribution in [1.29, 1.82) is 0 Å². The van der Waals surface area contributed by atoms with Crippen molar-refractivity contribution in [3.63, 3.8) is 0 Å². The summed E-state index contributed by atoms with van der Waals surface area (Å²) in [7, 11) is 0. The summed E-state index contributed by atoms with van der Waals surface area (Å²) in [4.78, 5) is 0. The van der Waals surface area contributed by atoms with Gasteiger partial charge in [-0.15, -0.1) is 0 Å². The Morgan fingerprint density at radius 1 is 0.708 bits per heavy atom. The Morgan fingerprint density at radius 2 is 1.58 bits per heavy atom. The summed E-state index contributed by atoms with van der Waals surface area (Å²) in [6, 6.07) is 27.7. The number of hydrogen-bond acceptors (Lipinski definition) is 1. The molecule has 1 heteroatoms. The molecule has 5 rings (SSSR count). The van der Waals surface area contributed by atoms with Gasteiger partial charge in [0, 0.05) is 16.2 Å². The molecule has 0 bridgehead atoms. The van der Waals surface area contributed by atoms with Gasteiger partial charge in [-0.05, 0) is 35.6 Å². The van der Waals surface area contributed by atoms with Crippen molar-refractivity contribution in [3.05, 3.63) is 84.4 Å². The van der Waals surface area contributed by atoms with Crippen LogP contribution in [0.5, 0.6) is 0 Å². The van der Waals surface area contributed by atoms with E-state index in [0.717, 1.165) is 11.2 Å². The summed E-state index contributed by atoms with van der Waals surface area (Å²) < 4.78 is 6.26. The highest BCUT2D eigenvalue weighted by Crippen LogP contribution is 2.39. The molecule has 0 aliphatic heterocycles. The van der Waals surface area contributed by atoms with Crippen LogP contribution in [0.25, 0.3) is 43.8 Å². The molecule has 0 unspecified atom stereocenters. The van der Waals surface area contributed by atoms with Crippen molar-refractivity contribution < 1.29 is 4.42 Å². The Bertz CT molecular complexity index is 1210. The summed E-state index contributed by atoms with van der Waals surface area (Å²) in [5, 5.41) is 4.76. The van der Waals surface area contributed by atoms with Crippen LogP contribution in [0.4, 0.5) is 0 Å². The minimum absolute atomic E-state index is 0.945. The second-order valence-electron chi connectivity index (χ2n) is 6.31. The molecule has 0 fully saturated rings. The first kappa shape index (κ1) is 13.4. The van der Waals surface area contributed by atoms with E-state index < -0.39 is 0 Å². The molecule has 0 amide bonds. The van der Waals surface area contributed by atoms with E-state index in [0.29, 0.717) is 0 Å². The van der Waals surface area contributed by atoms with Gasteiger partial charge in [-0.25, -0.2) is 0 Å². The summed E-state index contributed by atoms with van der Waals surface area (Å²) >= 11 is 0. The van der Waals surface area contributed by atoms with E-state index in [2.05, 4.69) is 85.8 Å². The molecular formula is C23H16O. The van der Waals surface area contributed by atoms with Crippen molar-refractivity contribution in [2.45, 2.75) is 6.92 Å². The highest BCUT2D eigenvalue weighted by molar-refractivity contribution is 6.18. The number of rotatable bonds is 1. The first-order chi connectivity index (χ1) is 11.8. The molecule has 0 aliphatic carbocycles. The Morgan fingerprint density at radius 3 is 2.50 bits per heavy atom. The first-order valence-corrected chi connectivity index (χ1v) is 8.21. The van der Waals surface area contributed by atoms with Gasteiger partial charge in [-0.2, -0.15) is 0 Å². The molecule has 0 saturated heterocycles. The fourth-order valence-electron chi connectivity index (χ4n) is 3.61. The number of hydrogen-bond donors (Lipinski definition) is 0. The van der Waals surface area contributed by atoms with Gasteiger partial charge < -0.3 is 4.42 Å². The highest BCUT2D eigenvalue weighted by Gasteiger charge is 2.14. The molecule has 0 N–H and O–H groups in total. The molecule has 5 aromatic rings. The number of aryl methyl sites for hydroxylation is 1. The Labute approximate surface area is 140 Å². The number of fused-ring (bicyclic) bond motifs is 5. The third-order valence-electron chi connectivity index (χ3n) is 4.72. The maximum atomic E-state index is 6.26. The van der Waals surface area contributed by atoms with Gasteiger partial charge in [-0.3, -0.25) is 0 Å². The predicted molar refractivity (Wildman–Crippen MR) is 101 cm³/mol. The normalized spacial score (nSPS) is 11.5. The lowest BCUT2D eigenvalue weighted by Gasteiger charge is -2.05. The van der Waals surface area contributed by atoms with Crippen LogP contribution in [0, 0.1) is 6.92 Å². The lowest BCUT2D eigenvalue weighted by Crippen LogP contribution is -1.81. The van der Waals surface area contributed by atoms with E-state index in [-0.39, 0.29) is 0 Å². The lowest BCUT2D eigenvalue weighted by molar-refractivity contribution is 0.673. The van der Waals surface area contributed by atoms with Gasteiger partial charge in [0.1, 0.15) is 11.2 Å². The Kier molecular flexibility index (Phi) is 2.77. The second kappa shape index (κ2) is 4.97. The van der Waals surface area contributed by atoms with Crippen LogP contribution in [-0.4, -0.2) is 0 Å². The molecule has 1 nitrogen and oxygen atoms in total. The van der Waals surface area contributed by atoms with E-state index in [1.807, 2.05) is 0 Å². The van der Waals surface area contributed by atoms with E-state index in [4.69, 9.17) is 4.42 Å². The molecule has 1 aromatic heterocycles. The van der Waals surface area contributed by atoms with Crippen molar-refractivity contribution in [2.75, 3.05) is 0 Å². The molecule has 0 radical (unpaired) electrons. The average Bonchev–Trinajstić information content (AvgIpc) is 3.01. The largest absolute Gasteiger partial charge is 0.455 e. The summed E-state index contributed by atoms with van der Waals surface area (Å²) in [5.41, 5.74) is 5.65. The average molecular weight is 308 g/mol. The fourth-order valence-corrected chi connectivity index (χ4v) is 3.61. The van der Waals surface area contributed by atoms with Crippen molar-refractivity contribution in [3.8, 4) is 11.1 Å². The first-order valence-electron chi connectivity index (χ1n) is 8.21. The Balaban J connectivity index is 1.94. The maximum Gasteiger partial charge on any atom is 0.143 e.